The number of unbranched alkanes of at least 4 members (excludes halogenated alkanes) is 1. The van der Waals surface area contributed by atoms with E-state index in [1.165, 1.54) is 5.56 Å². The van der Waals surface area contributed by atoms with Crippen molar-refractivity contribution in [2.45, 2.75) is 30.9 Å². The fraction of sp³-hybridized carbons (Fsp3) is 0.385. The molecule has 1 aromatic carbocycles. The minimum Gasteiger partial charge on any atom is -0.508 e. The van der Waals surface area contributed by atoms with E-state index < -0.39 is 0 Å². The highest BCUT2D eigenvalue weighted by molar-refractivity contribution is 8.15. The molecule has 0 saturated carbocycles. The van der Waals surface area contributed by atoms with Crippen LogP contribution < -0.4 is 5.32 Å². The molecule has 1 aliphatic rings. The van der Waals surface area contributed by atoms with Crippen LogP contribution in [0, 0.1) is 0 Å². The second kappa shape index (κ2) is 5.91. The minimum absolute atomic E-state index is 0.158. The maximum Gasteiger partial charge on any atom is 0.286 e. The molecule has 2 rings (SSSR count). The SMILES string of the molecule is O=C1NC(=O)[C@@H](CCCCc2ccc(O)cc2)S1. The maximum atomic E-state index is 11.3. The molecule has 2 N–H and O–H groups in total. The molecule has 0 radical (unpaired) electrons. The van der Waals surface area contributed by atoms with Crippen LogP contribution in [0.25, 0.3) is 0 Å². The van der Waals surface area contributed by atoms with Crippen LogP contribution in [-0.4, -0.2) is 21.5 Å². The molecule has 1 saturated heterocycles. The van der Waals surface area contributed by atoms with Gasteiger partial charge in [-0.25, -0.2) is 0 Å². The van der Waals surface area contributed by atoms with E-state index in [9.17, 15) is 9.59 Å². The third-order valence-electron chi connectivity index (χ3n) is 2.89. The highest BCUT2D eigenvalue weighted by Gasteiger charge is 2.30. The van der Waals surface area contributed by atoms with Crippen molar-refractivity contribution in [1.82, 2.24) is 5.32 Å². The van der Waals surface area contributed by atoms with E-state index in [1.807, 2.05) is 12.1 Å². The van der Waals surface area contributed by atoms with Gasteiger partial charge >= 0.3 is 0 Å². The number of imide groups is 1. The van der Waals surface area contributed by atoms with E-state index in [0.29, 0.717) is 0 Å². The monoisotopic (exact) mass is 265 g/mol. The summed E-state index contributed by atoms with van der Waals surface area (Å²) in [5.74, 6) is 0.117. The highest BCUT2D eigenvalue weighted by Crippen LogP contribution is 2.24. The molecule has 1 aromatic rings. The summed E-state index contributed by atoms with van der Waals surface area (Å²) in [6, 6.07) is 7.15. The van der Waals surface area contributed by atoms with Crippen molar-refractivity contribution < 1.29 is 14.7 Å². The van der Waals surface area contributed by atoms with Gasteiger partial charge in [0.15, 0.2) is 0 Å². The largest absolute Gasteiger partial charge is 0.508 e. The molecule has 0 aromatic heterocycles. The number of hydrogen-bond donors (Lipinski definition) is 2. The number of nitrogens with one attached hydrogen (secondary N) is 1. The second-order valence-corrected chi connectivity index (χ2v) is 5.47. The molecule has 5 heteroatoms. The van der Waals surface area contributed by atoms with Crippen LogP contribution in [0.4, 0.5) is 4.79 Å². The smallest absolute Gasteiger partial charge is 0.286 e. The Morgan fingerprint density at radius 3 is 2.50 bits per heavy atom. The van der Waals surface area contributed by atoms with E-state index in [2.05, 4.69) is 5.32 Å². The molecular formula is C13H15NO3S. The summed E-state index contributed by atoms with van der Waals surface area (Å²) < 4.78 is 0. The number of amides is 2. The van der Waals surface area contributed by atoms with E-state index in [-0.39, 0.29) is 22.1 Å². The first-order valence-corrected chi connectivity index (χ1v) is 6.82. The topological polar surface area (TPSA) is 66.4 Å². The van der Waals surface area contributed by atoms with E-state index >= 15 is 0 Å². The molecule has 1 atom stereocenters. The molecule has 0 aliphatic carbocycles. The highest BCUT2D eigenvalue weighted by atomic mass is 32.2. The zero-order valence-corrected chi connectivity index (χ0v) is 10.7. The van der Waals surface area contributed by atoms with Crippen LogP contribution in [0.3, 0.4) is 0 Å². The van der Waals surface area contributed by atoms with Crippen molar-refractivity contribution in [2.24, 2.45) is 0 Å². The van der Waals surface area contributed by atoms with Crippen molar-refractivity contribution in [3.05, 3.63) is 29.8 Å². The minimum atomic E-state index is -0.233. The van der Waals surface area contributed by atoms with Gasteiger partial charge in [0, 0.05) is 0 Å². The van der Waals surface area contributed by atoms with E-state index in [0.717, 1.165) is 37.4 Å². The van der Waals surface area contributed by atoms with Gasteiger partial charge in [-0.3, -0.25) is 14.9 Å². The summed E-state index contributed by atoms with van der Waals surface area (Å²) in [5.41, 5.74) is 1.17. The van der Waals surface area contributed by atoms with Crippen LogP contribution in [0.15, 0.2) is 24.3 Å². The molecule has 96 valence electrons. The summed E-state index contributed by atoms with van der Waals surface area (Å²) in [5, 5.41) is 11.0. The molecule has 0 spiro atoms. The number of aryl methyl sites for hydroxylation is 1. The number of rotatable bonds is 5. The zero-order chi connectivity index (χ0) is 13.0. The summed E-state index contributed by atoms with van der Waals surface area (Å²) >= 11 is 1.09. The number of aromatic hydroxyl groups is 1. The van der Waals surface area contributed by atoms with Crippen molar-refractivity contribution in [1.29, 1.82) is 0 Å². The Kier molecular flexibility index (Phi) is 4.25. The van der Waals surface area contributed by atoms with Crippen molar-refractivity contribution in [3.8, 4) is 5.75 Å². The van der Waals surface area contributed by atoms with Gasteiger partial charge in [-0.2, -0.15) is 0 Å². The first-order valence-electron chi connectivity index (χ1n) is 5.94. The molecule has 1 fully saturated rings. The van der Waals surface area contributed by atoms with Gasteiger partial charge in [-0.15, -0.1) is 0 Å². The number of phenolic OH excluding ortho intramolecular Hbond substituents is 1. The Morgan fingerprint density at radius 1 is 1.17 bits per heavy atom. The number of carbonyl (C=O) groups excluding carboxylic acids is 2. The summed E-state index contributed by atoms with van der Waals surface area (Å²) in [6.45, 7) is 0. The Hall–Kier alpha value is -1.49. The molecule has 18 heavy (non-hydrogen) atoms. The van der Waals surface area contributed by atoms with E-state index in [1.54, 1.807) is 12.1 Å². The summed E-state index contributed by atoms with van der Waals surface area (Å²) in [4.78, 5) is 22.3. The van der Waals surface area contributed by atoms with Crippen molar-refractivity contribution in [3.63, 3.8) is 0 Å². The number of hydrogen-bond acceptors (Lipinski definition) is 4. The standard InChI is InChI=1S/C13H15NO3S/c15-10-7-5-9(6-8-10)3-1-2-4-11-12(16)14-13(17)18-11/h5-8,11,15H,1-4H2,(H,14,16,17)/t11-/m1/s1. The van der Waals surface area contributed by atoms with Crippen LogP contribution in [0.2, 0.25) is 0 Å². The molecule has 1 aliphatic heterocycles. The van der Waals surface area contributed by atoms with Gasteiger partial charge in [0.05, 0.1) is 5.25 Å². The maximum absolute atomic E-state index is 11.3. The lowest BCUT2D eigenvalue weighted by molar-refractivity contribution is -0.119. The Labute approximate surface area is 110 Å². The van der Waals surface area contributed by atoms with Gasteiger partial charge in [-0.05, 0) is 37.0 Å². The normalized spacial score (nSPS) is 19.0. The predicted molar refractivity (Wildman–Crippen MR) is 70.6 cm³/mol. The first-order chi connectivity index (χ1) is 8.65. The van der Waals surface area contributed by atoms with Crippen LogP contribution in [-0.2, 0) is 11.2 Å². The Morgan fingerprint density at radius 2 is 1.89 bits per heavy atom. The number of phenols is 1. The lowest BCUT2D eigenvalue weighted by Crippen LogP contribution is -2.24. The lowest BCUT2D eigenvalue weighted by Gasteiger charge is -2.05. The average Bonchev–Trinajstić information content (AvgIpc) is 2.66. The van der Waals surface area contributed by atoms with Crippen LogP contribution in [0.1, 0.15) is 24.8 Å². The van der Waals surface area contributed by atoms with Gasteiger partial charge in [-0.1, -0.05) is 30.3 Å². The van der Waals surface area contributed by atoms with Crippen LogP contribution in [0.5, 0.6) is 5.75 Å². The summed E-state index contributed by atoms with van der Waals surface area (Å²) in [7, 11) is 0. The lowest BCUT2D eigenvalue weighted by atomic mass is 10.1. The average molecular weight is 265 g/mol. The number of benzene rings is 1. The van der Waals surface area contributed by atoms with Crippen molar-refractivity contribution >= 4 is 22.9 Å². The van der Waals surface area contributed by atoms with Gasteiger partial charge in [0.2, 0.25) is 5.91 Å². The van der Waals surface area contributed by atoms with Gasteiger partial charge < -0.3 is 5.11 Å². The zero-order valence-electron chi connectivity index (χ0n) is 9.89. The van der Waals surface area contributed by atoms with Gasteiger partial charge in [0.25, 0.3) is 5.24 Å². The number of thioether (sulfide) groups is 1. The third kappa shape index (κ3) is 3.50. The molecular weight excluding hydrogens is 250 g/mol. The molecule has 1 heterocycles. The third-order valence-corrected chi connectivity index (χ3v) is 3.94. The quantitative estimate of drug-likeness (QED) is 0.803. The molecule has 4 nitrogen and oxygen atoms in total. The molecule has 2 amide bonds. The Bertz CT molecular complexity index is 444. The fourth-order valence-corrected chi connectivity index (χ4v) is 2.77. The second-order valence-electron chi connectivity index (χ2n) is 4.30. The molecule has 0 bridgehead atoms. The fourth-order valence-electron chi connectivity index (χ4n) is 1.90. The van der Waals surface area contributed by atoms with E-state index in [4.69, 9.17) is 5.11 Å². The Balaban J connectivity index is 1.68. The van der Waals surface area contributed by atoms with Crippen molar-refractivity contribution in [2.75, 3.05) is 0 Å². The predicted octanol–water partition coefficient (Wildman–Crippen LogP) is 2.46. The van der Waals surface area contributed by atoms with Crippen LogP contribution >= 0.6 is 11.8 Å². The first kappa shape index (κ1) is 13.0. The number of carbonyl (C=O) groups is 2. The summed E-state index contributed by atoms with van der Waals surface area (Å²) in [6.07, 6.45) is 3.55. The molecule has 0 unspecified atom stereocenters. The van der Waals surface area contributed by atoms with Gasteiger partial charge in [0.1, 0.15) is 5.75 Å².